The van der Waals surface area contributed by atoms with E-state index >= 15 is 0 Å². The second-order valence-corrected chi connectivity index (χ2v) is 8.51. The number of carbonyl (C=O) groups is 3. The lowest BCUT2D eigenvalue weighted by Gasteiger charge is -2.17. The summed E-state index contributed by atoms with van der Waals surface area (Å²) in [4.78, 5) is 36.6. The lowest BCUT2D eigenvalue weighted by atomic mass is 10.0. The van der Waals surface area contributed by atoms with Crippen molar-refractivity contribution in [2.75, 3.05) is 10.6 Å². The molecular weight excluding hydrogens is 462 g/mol. The van der Waals surface area contributed by atoms with Crippen molar-refractivity contribution in [1.82, 2.24) is 25.1 Å². The topological polar surface area (TPSA) is 151 Å². The molecule has 2 aromatic carbocycles. The standard InChI is InChI=1S/C25H25N7O4/c1-14(2)20(24(34)35)29-23(33)18-12-13-26-32-21(30-31-22(18)32)16-8-10-17(11-9-16)27-25(36)28-19-7-5-4-6-15(19)3/h4-14,20H,1-3H3,(H,29,33)(H,34,35)(H2,27,28,36)/t20-/m0/s1. The first-order chi connectivity index (χ1) is 17.2. The third-order valence-corrected chi connectivity index (χ3v) is 5.56. The zero-order chi connectivity index (χ0) is 25.8. The molecule has 184 valence electrons. The molecule has 4 rings (SSSR count). The number of hydrogen-bond donors (Lipinski definition) is 4. The average Bonchev–Trinajstić information content (AvgIpc) is 3.28. The number of anilines is 2. The molecule has 0 aliphatic rings. The normalized spacial score (nSPS) is 11.8. The van der Waals surface area contributed by atoms with Crippen LogP contribution in [0.4, 0.5) is 16.2 Å². The van der Waals surface area contributed by atoms with E-state index in [1.165, 1.54) is 16.8 Å². The van der Waals surface area contributed by atoms with Crippen LogP contribution >= 0.6 is 0 Å². The largest absolute Gasteiger partial charge is 0.480 e. The predicted octanol–water partition coefficient (Wildman–Crippen LogP) is 3.58. The van der Waals surface area contributed by atoms with E-state index in [1.807, 2.05) is 31.2 Å². The smallest absolute Gasteiger partial charge is 0.326 e. The van der Waals surface area contributed by atoms with Crippen LogP contribution in [0.2, 0.25) is 0 Å². The van der Waals surface area contributed by atoms with Crippen LogP contribution in [0.15, 0.2) is 60.8 Å². The first-order valence-electron chi connectivity index (χ1n) is 11.2. The van der Waals surface area contributed by atoms with Crippen LogP contribution in [0, 0.1) is 12.8 Å². The van der Waals surface area contributed by atoms with Crippen molar-refractivity contribution in [3.8, 4) is 11.4 Å². The van der Waals surface area contributed by atoms with Gasteiger partial charge in [0.1, 0.15) is 6.04 Å². The van der Waals surface area contributed by atoms with E-state index in [0.29, 0.717) is 17.1 Å². The molecule has 0 bridgehead atoms. The van der Waals surface area contributed by atoms with E-state index in [-0.39, 0.29) is 23.2 Å². The summed E-state index contributed by atoms with van der Waals surface area (Å²) in [7, 11) is 0. The summed E-state index contributed by atoms with van der Waals surface area (Å²) in [5.41, 5.74) is 3.24. The van der Waals surface area contributed by atoms with Crippen LogP contribution in [0.1, 0.15) is 29.8 Å². The van der Waals surface area contributed by atoms with Gasteiger partial charge < -0.3 is 21.1 Å². The molecule has 4 N–H and O–H groups in total. The lowest BCUT2D eigenvalue weighted by molar-refractivity contribution is -0.140. The van der Waals surface area contributed by atoms with Crippen molar-refractivity contribution in [3.05, 3.63) is 71.9 Å². The number of carbonyl (C=O) groups excluding carboxylic acids is 2. The van der Waals surface area contributed by atoms with Crippen LogP contribution < -0.4 is 16.0 Å². The van der Waals surface area contributed by atoms with E-state index in [1.54, 1.807) is 38.1 Å². The fraction of sp³-hybridized carbons (Fsp3) is 0.200. The maximum absolute atomic E-state index is 12.8. The van der Waals surface area contributed by atoms with Crippen molar-refractivity contribution in [1.29, 1.82) is 0 Å². The number of benzene rings is 2. The van der Waals surface area contributed by atoms with Gasteiger partial charge in [0, 0.05) is 23.1 Å². The van der Waals surface area contributed by atoms with Crippen LogP contribution in [-0.4, -0.2) is 48.9 Å². The first kappa shape index (κ1) is 24.3. The Bertz CT molecular complexity index is 1430. The van der Waals surface area contributed by atoms with Gasteiger partial charge in [-0.2, -0.15) is 9.61 Å². The van der Waals surface area contributed by atoms with Crippen molar-refractivity contribution >= 4 is 34.9 Å². The highest BCUT2D eigenvalue weighted by atomic mass is 16.4. The van der Waals surface area contributed by atoms with Gasteiger partial charge in [-0.25, -0.2) is 9.59 Å². The summed E-state index contributed by atoms with van der Waals surface area (Å²) in [6.07, 6.45) is 1.42. The van der Waals surface area contributed by atoms with E-state index in [0.717, 1.165) is 11.3 Å². The molecule has 0 saturated heterocycles. The highest BCUT2D eigenvalue weighted by Gasteiger charge is 2.26. The highest BCUT2D eigenvalue weighted by Crippen LogP contribution is 2.22. The van der Waals surface area contributed by atoms with Crippen molar-refractivity contribution in [2.45, 2.75) is 26.8 Å². The van der Waals surface area contributed by atoms with E-state index in [9.17, 15) is 19.5 Å². The monoisotopic (exact) mass is 487 g/mol. The Morgan fingerprint density at radius 1 is 0.944 bits per heavy atom. The lowest BCUT2D eigenvalue weighted by Crippen LogP contribution is -2.44. The fourth-order valence-electron chi connectivity index (χ4n) is 3.60. The molecular formula is C25H25N7O4. The molecule has 4 aromatic rings. The van der Waals surface area contributed by atoms with Gasteiger partial charge in [0.2, 0.25) is 0 Å². The molecule has 3 amide bonds. The van der Waals surface area contributed by atoms with Gasteiger partial charge in [-0.05, 0) is 54.8 Å². The number of aliphatic carboxylic acids is 1. The Balaban J connectivity index is 1.52. The third-order valence-electron chi connectivity index (χ3n) is 5.56. The quantitative estimate of drug-likeness (QED) is 0.311. The van der Waals surface area contributed by atoms with Crippen LogP contribution in [0.5, 0.6) is 0 Å². The first-order valence-corrected chi connectivity index (χ1v) is 11.2. The number of fused-ring (bicyclic) bond motifs is 1. The summed E-state index contributed by atoms with van der Waals surface area (Å²) >= 11 is 0. The minimum absolute atomic E-state index is 0.154. The number of carboxylic acids is 1. The number of amides is 3. The van der Waals surface area contributed by atoms with Crippen LogP contribution in [0.25, 0.3) is 17.0 Å². The molecule has 0 saturated carbocycles. The molecule has 0 aliphatic carbocycles. The van der Waals surface area contributed by atoms with Gasteiger partial charge in [-0.1, -0.05) is 32.0 Å². The second kappa shape index (κ2) is 10.2. The number of para-hydroxylation sites is 1. The second-order valence-electron chi connectivity index (χ2n) is 8.51. The summed E-state index contributed by atoms with van der Waals surface area (Å²) in [6.45, 7) is 5.33. The molecule has 0 aliphatic heterocycles. The Hall–Kier alpha value is -4.80. The van der Waals surface area contributed by atoms with Crippen molar-refractivity contribution in [2.24, 2.45) is 5.92 Å². The Morgan fingerprint density at radius 3 is 2.33 bits per heavy atom. The molecule has 0 radical (unpaired) electrons. The minimum atomic E-state index is -1.12. The van der Waals surface area contributed by atoms with Crippen molar-refractivity contribution < 1.29 is 19.5 Å². The molecule has 11 nitrogen and oxygen atoms in total. The Kier molecular flexibility index (Phi) is 6.91. The summed E-state index contributed by atoms with van der Waals surface area (Å²) in [6, 6.07) is 14.4. The molecule has 11 heteroatoms. The molecule has 36 heavy (non-hydrogen) atoms. The number of carboxylic acid groups (broad SMARTS) is 1. The maximum Gasteiger partial charge on any atom is 0.326 e. The number of aromatic nitrogens is 4. The average molecular weight is 488 g/mol. The molecule has 1 atom stereocenters. The number of nitrogens with one attached hydrogen (secondary N) is 3. The number of nitrogens with zero attached hydrogens (tertiary/aromatic N) is 4. The van der Waals surface area contributed by atoms with Gasteiger partial charge in [0.25, 0.3) is 5.91 Å². The predicted molar refractivity (Wildman–Crippen MR) is 134 cm³/mol. The van der Waals surface area contributed by atoms with Crippen LogP contribution in [0.3, 0.4) is 0 Å². The molecule has 0 spiro atoms. The summed E-state index contributed by atoms with van der Waals surface area (Å²) in [5, 5.41) is 30.0. The van der Waals surface area contributed by atoms with Gasteiger partial charge in [-0.15, -0.1) is 10.2 Å². The molecule has 0 fully saturated rings. The maximum atomic E-state index is 12.8. The zero-order valence-corrected chi connectivity index (χ0v) is 19.9. The number of aryl methyl sites for hydroxylation is 1. The number of urea groups is 1. The molecule has 2 heterocycles. The van der Waals surface area contributed by atoms with Gasteiger partial charge in [0.15, 0.2) is 11.5 Å². The zero-order valence-electron chi connectivity index (χ0n) is 19.9. The third kappa shape index (κ3) is 5.14. The van der Waals surface area contributed by atoms with Gasteiger partial charge in [-0.3, -0.25) is 4.79 Å². The number of rotatable bonds is 7. The van der Waals surface area contributed by atoms with Crippen molar-refractivity contribution in [3.63, 3.8) is 0 Å². The Morgan fingerprint density at radius 2 is 1.67 bits per heavy atom. The van der Waals surface area contributed by atoms with E-state index in [4.69, 9.17) is 0 Å². The highest BCUT2D eigenvalue weighted by molar-refractivity contribution is 6.02. The molecule has 2 aromatic heterocycles. The van der Waals surface area contributed by atoms with Gasteiger partial charge >= 0.3 is 12.0 Å². The summed E-state index contributed by atoms with van der Waals surface area (Å²) in [5.74, 6) is -1.62. The molecule has 0 unspecified atom stereocenters. The van der Waals surface area contributed by atoms with E-state index in [2.05, 4.69) is 31.2 Å². The fourth-order valence-corrected chi connectivity index (χ4v) is 3.60. The minimum Gasteiger partial charge on any atom is -0.480 e. The van der Waals surface area contributed by atoms with E-state index < -0.39 is 17.9 Å². The van der Waals surface area contributed by atoms with Crippen LogP contribution in [-0.2, 0) is 4.79 Å². The number of hydrogen-bond acceptors (Lipinski definition) is 6. The summed E-state index contributed by atoms with van der Waals surface area (Å²) < 4.78 is 1.41. The Labute approximate surface area is 206 Å². The SMILES string of the molecule is Cc1ccccc1NC(=O)Nc1ccc(-c2nnc3c(C(=O)N[C@H](C(=O)O)C(C)C)ccnn23)cc1. The van der Waals surface area contributed by atoms with Gasteiger partial charge in [0.05, 0.1) is 5.56 Å².